The van der Waals surface area contributed by atoms with Gasteiger partial charge in [0.2, 0.25) is 0 Å². The number of amides is 1. The number of benzene rings is 2. The lowest BCUT2D eigenvalue weighted by Crippen LogP contribution is -2.21. The molecule has 100 valence electrons. The number of carbonyl (C=O) groups is 1. The van der Waals surface area contributed by atoms with Crippen molar-refractivity contribution in [1.29, 1.82) is 0 Å². The normalized spacial score (nSPS) is 15.8. The first-order valence-corrected chi connectivity index (χ1v) is 6.95. The van der Waals surface area contributed by atoms with Gasteiger partial charge >= 0.3 is 0 Å². The third kappa shape index (κ3) is 1.84. The van der Waals surface area contributed by atoms with E-state index in [1.807, 2.05) is 37.3 Å². The third-order valence-corrected chi connectivity index (χ3v) is 3.93. The van der Waals surface area contributed by atoms with Crippen molar-refractivity contribution in [3.8, 4) is 0 Å². The van der Waals surface area contributed by atoms with E-state index in [0.29, 0.717) is 21.3 Å². The Hall–Kier alpha value is -1.77. The van der Waals surface area contributed by atoms with Crippen molar-refractivity contribution in [2.45, 2.75) is 6.92 Å². The first-order valence-electron chi connectivity index (χ1n) is 6.19. The fourth-order valence-electron chi connectivity index (χ4n) is 2.45. The van der Waals surface area contributed by atoms with Crippen LogP contribution in [-0.4, -0.2) is 5.91 Å². The second-order valence-corrected chi connectivity index (χ2v) is 5.24. The molecule has 0 aliphatic carbocycles. The molecule has 0 aromatic heterocycles. The van der Waals surface area contributed by atoms with Gasteiger partial charge < -0.3 is 0 Å². The molecule has 2 aromatic carbocycles. The summed E-state index contributed by atoms with van der Waals surface area (Å²) < 4.78 is 0. The summed E-state index contributed by atoms with van der Waals surface area (Å²) in [7, 11) is 0. The molecule has 1 amide bonds. The summed E-state index contributed by atoms with van der Waals surface area (Å²) in [6.07, 6.45) is 1.81. The quantitative estimate of drug-likeness (QED) is 0.673. The molecular formula is C16H11Cl2NO. The highest BCUT2D eigenvalue weighted by Crippen LogP contribution is 2.46. The summed E-state index contributed by atoms with van der Waals surface area (Å²) in [6, 6.07) is 12.8. The average Bonchev–Trinajstić information content (AvgIpc) is 2.71. The van der Waals surface area contributed by atoms with E-state index in [0.717, 1.165) is 11.3 Å². The Balaban J connectivity index is 2.28. The van der Waals surface area contributed by atoms with Crippen molar-refractivity contribution in [1.82, 2.24) is 0 Å². The topological polar surface area (TPSA) is 20.3 Å². The van der Waals surface area contributed by atoms with Crippen LogP contribution in [-0.2, 0) is 4.79 Å². The molecule has 3 rings (SSSR count). The molecule has 20 heavy (non-hydrogen) atoms. The Morgan fingerprint density at radius 1 is 1.00 bits per heavy atom. The van der Waals surface area contributed by atoms with E-state index in [2.05, 4.69) is 0 Å². The largest absolute Gasteiger partial charge is 0.273 e. The van der Waals surface area contributed by atoms with Gasteiger partial charge in [-0.1, -0.05) is 53.5 Å². The predicted molar refractivity (Wildman–Crippen MR) is 83.7 cm³/mol. The molecule has 1 aliphatic rings. The Bertz CT molecular complexity index is 717. The molecule has 0 bridgehead atoms. The molecule has 0 saturated carbocycles. The van der Waals surface area contributed by atoms with Crippen LogP contribution < -0.4 is 4.90 Å². The number of carbonyl (C=O) groups excluding carboxylic acids is 1. The summed E-state index contributed by atoms with van der Waals surface area (Å²) in [4.78, 5) is 14.2. The summed E-state index contributed by atoms with van der Waals surface area (Å²) in [6.45, 7) is 1.85. The SMILES string of the molecule is C/C=C1\C(=O)N(c2c(Cl)cccc2Cl)c2ccccc21. The molecule has 0 unspecified atom stereocenters. The lowest BCUT2D eigenvalue weighted by molar-refractivity contribution is -0.112. The van der Waals surface area contributed by atoms with E-state index in [-0.39, 0.29) is 5.91 Å². The number of hydrogen-bond acceptors (Lipinski definition) is 1. The zero-order chi connectivity index (χ0) is 14.3. The number of hydrogen-bond donors (Lipinski definition) is 0. The Morgan fingerprint density at radius 2 is 1.65 bits per heavy atom. The lowest BCUT2D eigenvalue weighted by atomic mass is 10.1. The van der Waals surface area contributed by atoms with Crippen LogP contribution in [0.15, 0.2) is 48.5 Å². The van der Waals surface area contributed by atoms with Gasteiger partial charge in [-0.15, -0.1) is 0 Å². The molecule has 2 nitrogen and oxygen atoms in total. The molecule has 0 spiro atoms. The van der Waals surface area contributed by atoms with E-state index in [1.54, 1.807) is 23.1 Å². The highest BCUT2D eigenvalue weighted by molar-refractivity contribution is 6.43. The standard InChI is InChI=1S/C16H11Cl2NO/c1-2-10-11-6-3-4-9-14(11)19(16(10)20)15-12(17)7-5-8-13(15)18/h2-9H,1H3/b10-2-. The smallest absolute Gasteiger partial charge is 0.263 e. The van der Waals surface area contributed by atoms with Crippen LogP contribution in [0.3, 0.4) is 0 Å². The molecule has 0 radical (unpaired) electrons. The molecule has 0 atom stereocenters. The number of para-hydroxylation sites is 2. The molecular weight excluding hydrogens is 293 g/mol. The van der Waals surface area contributed by atoms with Crippen molar-refractivity contribution >= 4 is 46.1 Å². The Kier molecular flexibility index (Phi) is 3.28. The van der Waals surface area contributed by atoms with E-state index >= 15 is 0 Å². The first-order chi connectivity index (χ1) is 9.65. The average molecular weight is 304 g/mol. The minimum Gasteiger partial charge on any atom is -0.273 e. The maximum absolute atomic E-state index is 12.6. The summed E-state index contributed by atoms with van der Waals surface area (Å²) in [5.41, 5.74) is 2.90. The van der Waals surface area contributed by atoms with Crippen LogP contribution in [0.25, 0.3) is 5.57 Å². The number of fused-ring (bicyclic) bond motifs is 1. The zero-order valence-electron chi connectivity index (χ0n) is 10.7. The zero-order valence-corrected chi connectivity index (χ0v) is 12.2. The van der Waals surface area contributed by atoms with Crippen molar-refractivity contribution < 1.29 is 4.79 Å². The molecule has 4 heteroatoms. The third-order valence-electron chi connectivity index (χ3n) is 3.32. The van der Waals surface area contributed by atoms with Crippen LogP contribution in [0.1, 0.15) is 12.5 Å². The number of halogens is 2. The van der Waals surface area contributed by atoms with Crippen LogP contribution in [0.4, 0.5) is 11.4 Å². The summed E-state index contributed by atoms with van der Waals surface area (Å²) in [5, 5.41) is 0.913. The van der Waals surface area contributed by atoms with Gasteiger partial charge in [0.15, 0.2) is 0 Å². The number of nitrogens with zero attached hydrogens (tertiary/aromatic N) is 1. The maximum atomic E-state index is 12.6. The van der Waals surface area contributed by atoms with Gasteiger partial charge in [0.25, 0.3) is 5.91 Å². The molecule has 0 N–H and O–H groups in total. The second kappa shape index (κ2) is 4.97. The molecule has 1 aliphatic heterocycles. The van der Waals surface area contributed by atoms with Gasteiger partial charge in [-0.05, 0) is 25.1 Å². The molecule has 0 saturated heterocycles. The van der Waals surface area contributed by atoms with Crippen LogP contribution in [0, 0.1) is 0 Å². The van der Waals surface area contributed by atoms with Gasteiger partial charge in [-0.2, -0.15) is 0 Å². The molecule has 0 fully saturated rings. The minimum atomic E-state index is -0.108. The van der Waals surface area contributed by atoms with Gasteiger partial charge in [-0.25, -0.2) is 0 Å². The van der Waals surface area contributed by atoms with Crippen molar-refractivity contribution in [2.75, 3.05) is 4.90 Å². The van der Waals surface area contributed by atoms with Gasteiger partial charge in [-0.3, -0.25) is 9.69 Å². The van der Waals surface area contributed by atoms with Crippen molar-refractivity contribution in [3.63, 3.8) is 0 Å². The van der Waals surface area contributed by atoms with Crippen molar-refractivity contribution in [2.24, 2.45) is 0 Å². The minimum absolute atomic E-state index is 0.108. The van der Waals surface area contributed by atoms with Gasteiger partial charge in [0, 0.05) is 11.1 Å². The monoisotopic (exact) mass is 303 g/mol. The fourth-order valence-corrected chi connectivity index (χ4v) is 3.01. The second-order valence-electron chi connectivity index (χ2n) is 4.43. The highest BCUT2D eigenvalue weighted by atomic mass is 35.5. The van der Waals surface area contributed by atoms with E-state index in [4.69, 9.17) is 23.2 Å². The van der Waals surface area contributed by atoms with Crippen LogP contribution in [0.5, 0.6) is 0 Å². The van der Waals surface area contributed by atoms with E-state index in [9.17, 15) is 4.79 Å². The molecule has 1 heterocycles. The number of rotatable bonds is 1. The van der Waals surface area contributed by atoms with Crippen LogP contribution in [0.2, 0.25) is 10.0 Å². The Morgan fingerprint density at radius 3 is 2.30 bits per heavy atom. The summed E-state index contributed by atoms with van der Waals surface area (Å²) in [5.74, 6) is -0.108. The van der Waals surface area contributed by atoms with Gasteiger partial charge in [0.1, 0.15) is 0 Å². The molecule has 2 aromatic rings. The predicted octanol–water partition coefficient (Wildman–Crippen LogP) is 5.08. The first kappa shape index (κ1) is 13.2. The van der Waals surface area contributed by atoms with Crippen molar-refractivity contribution in [3.05, 3.63) is 64.1 Å². The van der Waals surface area contributed by atoms with E-state index < -0.39 is 0 Å². The number of anilines is 2. The maximum Gasteiger partial charge on any atom is 0.263 e. The Labute approximate surface area is 127 Å². The highest BCUT2D eigenvalue weighted by Gasteiger charge is 2.34. The lowest BCUT2D eigenvalue weighted by Gasteiger charge is -2.19. The fraction of sp³-hybridized carbons (Fsp3) is 0.0625. The van der Waals surface area contributed by atoms with Crippen LogP contribution >= 0.6 is 23.2 Å². The van der Waals surface area contributed by atoms with E-state index in [1.165, 1.54) is 0 Å². The number of allylic oxidation sites excluding steroid dienone is 1. The van der Waals surface area contributed by atoms with Gasteiger partial charge in [0.05, 0.1) is 21.4 Å². The summed E-state index contributed by atoms with van der Waals surface area (Å²) >= 11 is 12.5.